The number of hydrazone groups is 1. The molecule has 0 atom stereocenters. The van der Waals surface area contributed by atoms with Crippen molar-refractivity contribution in [3.05, 3.63) is 59.2 Å². The van der Waals surface area contributed by atoms with E-state index in [1.165, 1.54) is 29.6 Å². The molecule has 0 unspecified atom stereocenters. The Morgan fingerprint density at radius 3 is 2.52 bits per heavy atom. The Kier molecular flexibility index (Phi) is 7.54. The summed E-state index contributed by atoms with van der Waals surface area (Å²) in [6, 6.07) is 13.5. The molecule has 1 saturated carbocycles. The number of ether oxygens (including phenoxy) is 2. The van der Waals surface area contributed by atoms with Crippen LogP contribution in [0.15, 0.2) is 47.6 Å². The fraction of sp³-hybridized carbons (Fsp3) is 0.400. The molecule has 8 heteroatoms. The van der Waals surface area contributed by atoms with Crippen molar-refractivity contribution in [2.45, 2.75) is 38.1 Å². The number of hydrogen-bond acceptors (Lipinski definition) is 6. The number of thioether (sulfide) groups is 1. The van der Waals surface area contributed by atoms with Crippen LogP contribution in [0.25, 0.3) is 0 Å². The van der Waals surface area contributed by atoms with Gasteiger partial charge in [0.1, 0.15) is 0 Å². The molecule has 0 radical (unpaired) electrons. The Morgan fingerprint density at radius 1 is 1.09 bits per heavy atom. The smallest absolute Gasteiger partial charge is 0.302 e. The molecule has 0 spiro atoms. The predicted octanol–water partition coefficient (Wildman–Crippen LogP) is 4.49. The van der Waals surface area contributed by atoms with E-state index >= 15 is 0 Å². The number of nitrogens with one attached hydrogen (secondary N) is 1. The lowest BCUT2D eigenvalue weighted by molar-refractivity contribution is 0.0938. The second-order valence-electron chi connectivity index (χ2n) is 8.20. The third-order valence-corrected chi connectivity index (χ3v) is 6.90. The van der Waals surface area contributed by atoms with E-state index in [0.29, 0.717) is 41.8 Å². The van der Waals surface area contributed by atoms with Crippen LogP contribution >= 0.6 is 11.8 Å². The van der Waals surface area contributed by atoms with Crippen molar-refractivity contribution in [3.8, 4) is 11.5 Å². The zero-order valence-corrected chi connectivity index (χ0v) is 19.8. The van der Waals surface area contributed by atoms with Gasteiger partial charge in [-0.15, -0.1) is 0 Å². The number of methoxy groups -OCH3 is 2. The van der Waals surface area contributed by atoms with Crippen LogP contribution in [-0.2, 0) is 6.42 Å². The van der Waals surface area contributed by atoms with Gasteiger partial charge in [-0.3, -0.25) is 9.59 Å². The molecule has 0 saturated heterocycles. The summed E-state index contributed by atoms with van der Waals surface area (Å²) >= 11 is 1.24. The third-order valence-electron chi connectivity index (χ3n) is 6.02. The molecule has 0 bridgehead atoms. The minimum absolute atomic E-state index is 0.0137. The number of carbonyl (C=O) groups excluding carboxylic acids is 2. The molecule has 7 nitrogen and oxygen atoms in total. The summed E-state index contributed by atoms with van der Waals surface area (Å²) in [6.07, 6.45) is 5.16. The van der Waals surface area contributed by atoms with Crippen molar-refractivity contribution in [1.82, 2.24) is 10.3 Å². The second-order valence-corrected chi connectivity index (χ2v) is 9.12. The maximum Gasteiger partial charge on any atom is 0.302 e. The van der Waals surface area contributed by atoms with Crippen molar-refractivity contribution < 1.29 is 19.1 Å². The highest BCUT2D eigenvalue weighted by atomic mass is 32.2. The summed E-state index contributed by atoms with van der Waals surface area (Å²) in [7, 11) is 3.19. The van der Waals surface area contributed by atoms with E-state index in [-0.39, 0.29) is 11.1 Å². The average molecular weight is 468 g/mol. The van der Waals surface area contributed by atoms with Gasteiger partial charge in [0.2, 0.25) is 0 Å². The molecule has 2 aliphatic rings. The summed E-state index contributed by atoms with van der Waals surface area (Å²) in [4.78, 5) is 24.8. The first kappa shape index (κ1) is 23.2. The van der Waals surface area contributed by atoms with E-state index < -0.39 is 0 Å². The van der Waals surface area contributed by atoms with E-state index in [0.717, 1.165) is 29.7 Å². The molecule has 0 aromatic heterocycles. The highest BCUT2D eigenvalue weighted by Gasteiger charge is 2.23. The van der Waals surface area contributed by atoms with Crippen LogP contribution in [0.4, 0.5) is 4.79 Å². The van der Waals surface area contributed by atoms with E-state index in [4.69, 9.17) is 9.47 Å². The van der Waals surface area contributed by atoms with Gasteiger partial charge >= 0.3 is 5.24 Å². The largest absolute Gasteiger partial charge is 0.493 e. The lowest BCUT2D eigenvalue weighted by atomic mass is 10.1. The molecule has 4 rings (SSSR count). The summed E-state index contributed by atoms with van der Waals surface area (Å²) < 4.78 is 10.7. The number of carbonyl (C=O) groups is 2. The highest BCUT2D eigenvalue weighted by Crippen LogP contribution is 2.29. The lowest BCUT2D eigenvalue weighted by Crippen LogP contribution is -2.32. The molecule has 1 fully saturated rings. The Bertz CT molecular complexity index is 1030. The molecule has 1 aliphatic carbocycles. The fourth-order valence-electron chi connectivity index (χ4n) is 4.11. The van der Waals surface area contributed by atoms with Gasteiger partial charge in [0.05, 0.1) is 19.9 Å². The zero-order chi connectivity index (χ0) is 23.2. The van der Waals surface area contributed by atoms with Crippen LogP contribution in [0.1, 0.15) is 47.2 Å². The van der Waals surface area contributed by atoms with Crippen LogP contribution in [0.5, 0.6) is 11.5 Å². The van der Waals surface area contributed by atoms with Gasteiger partial charge in [-0.25, -0.2) is 5.01 Å². The van der Waals surface area contributed by atoms with Crippen molar-refractivity contribution in [2.24, 2.45) is 5.10 Å². The SMILES string of the molecule is COc1ccc(C2=NN(CCc3ccc(C(=O)NC4CCCC4)cc3)C(=O)SC2)cc1OC. The maximum atomic E-state index is 12.4. The van der Waals surface area contributed by atoms with E-state index in [2.05, 4.69) is 10.4 Å². The summed E-state index contributed by atoms with van der Waals surface area (Å²) in [6.45, 7) is 0.468. The van der Waals surface area contributed by atoms with Gasteiger partial charge in [-0.05, 0) is 55.2 Å². The molecular formula is C25H29N3O4S. The van der Waals surface area contributed by atoms with E-state index in [9.17, 15) is 9.59 Å². The Morgan fingerprint density at radius 2 is 1.82 bits per heavy atom. The summed E-state index contributed by atoms with van der Waals surface area (Å²) in [5, 5.41) is 9.16. The Labute approximate surface area is 198 Å². The van der Waals surface area contributed by atoms with Crippen molar-refractivity contribution in [2.75, 3.05) is 26.5 Å². The molecule has 1 aliphatic heterocycles. The minimum atomic E-state index is -0.0632. The van der Waals surface area contributed by atoms with Crippen LogP contribution in [-0.4, -0.2) is 54.4 Å². The molecule has 174 valence electrons. The first-order valence-corrected chi connectivity index (χ1v) is 12.2. The highest BCUT2D eigenvalue weighted by molar-refractivity contribution is 8.14. The van der Waals surface area contributed by atoms with Gasteiger partial charge in [-0.2, -0.15) is 5.10 Å². The van der Waals surface area contributed by atoms with Crippen LogP contribution < -0.4 is 14.8 Å². The minimum Gasteiger partial charge on any atom is -0.493 e. The van der Waals surface area contributed by atoms with Gasteiger partial charge in [-0.1, -0.05) is 36.7 Å². The normalized spacial score (nSPS) is 16.5. The van der Waals surface area contributed by atoms with Crippen molar-refractivity contribution in [3.63, 3.8) is 0 Å². The summed E-state index contributed by atoms with van der Waals surface area (Å²) in [5.74, 6) is 1.78. The quantitative estimate of drug-likeness (QED) is 0.619. The maximum absolute atomic E-state index is 12.4. The van der Waals surface area contributed by atoms with Gasteiger partial charge < -0.3 is 14.8 Å². The monoisotopic (exact) mass is 467 g/mol. The van der Waals surface area contributed by atoms with Gasteiger partial charge in [0, 0.05) is 29.5 Å². The number of rotatable bonds is 8. The number of hydrogen-bond donors (Lipinski definition) is 1. The topological polar surface area (TPSA) is 80.2 Å². The Balaban J connectivity index is 1.39. The van der Waals surface area contributed by atoms with Crippen LogP contribution in [0.2, 0.25) is 0 Å². The number of benzene rings is 2. The van der Waals surface area contributed by atoms with Crippen molar-refractivity contribution >= 4 is 28.6 Å². The molecule has 2 aromatic rings. The van der Waals surface area contributed by atoms with E-state index in [1.807, 2.05) is 42.5 Å². The van der Waals surface area contributed by atoms with Crippen molar-refractivity contribution in [1.29, 1.82) is 0 Å². The molecule has 2 amide bonds. The average Bonchev–Trinajstić information content (AvgIpc) is 3.36. The molecule has 1 N–H and O–H groups in total. The first-order chi connectivity index (χ1) is 16.1. The van der Waals surface area contributed by atoms with Crippen LogP contribution in [0, 0.1) is 0 Å². The lowest BCUT2D eigenvalue weighted by Gasteiger charge is -2.23. The summed E-state index contributed by atoms with van der Waals surface area (Å²) in [5.41, 5.74) is 3.44. The molecule has 33 heavy (non-hydrogen) atoms. The van der Waals surface area contributed by atoms with Gasteiger partial charge in [0.25, 0.3) is 5.91 Å². The number of amides is 2. The Hall–Kier alpha value is -3.00. The molecule has 1 heterocycles. The molecule has 2 aromatic carbocycles. The molecular weight excluding hydrogens is 438 g/mol. The second kappa shape index (κ2) is 10.7. The first-order valence-electron chi connectivity index (χ1n) is 11.2. The third kappa shape index (κ3) is 5.68. The standard InChI is InChI=1S/C25H29N3O4S/c1-31-22-12-11-19(15-23(22)32-2)21-16-33-25(30)28(27-21)14-13-17-7-9-18(10-8-17)24(29)26-20-5-3-4-6-20/h7-12,15,20H,3-6,13-14,16H2,1-2H3,(H,26,29). The van der Waals surface area contributed by atoms with E-state index in [1.54, 1.807) is 14.2 Å². The predicted molar refractivity (Wildman–Crippen MR) is 131 cm³/mol. The zero-order valence-electron chi connectivity index (χ0n) is 19.0. The van der Waals surface area contributed by atoms with Gasteiger partial charge in [0.15, 0.2) is 11.5 Å². The number of nitrogens with zero attached hydrogens (tertiary/aromatic N) is 2. The fourth-order valence-corrected chi connectivity index (χ4v) is 4.88. The van der Waals surface area contributed by atoms with Crippen LogP contribution in [0.3, 0.4) is 0 Å².